The van der Waals surface area contributed by atoms with E-state index in [1.54, 1.807) is 0 Å². The zero-order valence-electron chi connectivity index (χ0n) is 13.2. The minimum Gasteiger partial charge on any atom is -0.384 e. The Morgan fingerprint density at radius 1 is 1.23 bits per heavy atom. The number of pyridine rings is 1. The topological polar surface area (TPSA) is 42.7 Å². The van der Waals surface area contributed by atoms with E-state index < -0.39 is 0 Å². The monoisotopic (exact) mass is 294 g/mol. The molecule has 0 unspecified atom stereocenters. The average molecular weight is 294 g/mol. The number of aryl methyl sites for hydroxylation is 3. The molecule has 0 aliphatic heterocycles. The molecule has 0 aliphatic carbocycles. The molecule has 22 heavy (non-hydrogen) atoms. The lowest BCUT2D eigenvalue weighted by Crippen LogP contribution is -2.08. The van der Waals surface area contributed by atoms with E-state index in [1.807, 2.05) is 16.9 Å². The van der Waals surface area contributed by atoms with Crippen molar-refractivity contribution in [2.24, 2.45) is 0 Å². The van der Waals surface area contributed by atoms with Crippen LogP contribution in [0.2, 0.25) is 0 Å². The Bertz CT molecular complexity index is 761. The van der Waals surface area contributed by atoms with Gasteiger partial charge in [-0.3, -0.25) is 9.67 Å². The maximum Gasteiger partial charge on any atom is 0.0726 e. The van der Waals surface area contributed by atoms with Gasteiger partial charge in [-0.2, -0.15) is 5.10 Å². The largest absolute Gasteiger partial charge is 0.384 e. The number of hydrogen-bond donors (Lipinski definition) is 1. The van der Waals surface area contributed by atoms with Gasteiger partial charge >= 0.3 is 0 Å². The first-order valence-electron chi connectivity index (χ1n) is 7.88. The highest BCUT2D eigenvalue weighted by atomic mass is 15.3. The van der Waals surface area contributed by atoms with E-state index in [0.29, 0.717) is 0 Å². The molecule has 3 rings (SSSR count). The molecule has 3 aromatic rings. The molecule has 4 heteroatoms. The Kier molecular flexibility index (Phi) is 4.37. The van der Waals surface area contributed by atoms with Crippen molar-refractivity contribution in [3.63, 3.8) is 0 Å². The highest BCUT2D eigenvalue weighted by molar-refractivity contribution is 5.91. The Hall–Kier alpha value is -2.36. The fourth-order valence-corrected chi connectivity index (χ4v) is 2.61. The van der Waals surface area contributed by atoms with Gasteiger partial charge in [-0.1, -0.05) is 25.1 Å². The van der Waals surface area contributed by atoms with E-state index in [-0.39, 0.29) is 0 Å². The number of para-hydroxylation sites is 1. The summed E-state index contributed by atoms with van der Waals surface area (Å²) >= 11 is 0. The quantitative estimate of drug-likeness (QED) is 0.703. The van der Waals surface area contributed by atoms with Crippen LogP contribution in [-0.2, 0) is 13.0 Å². The Labute approximate surface area is 131 Å². The second kappa shape index (κ2) is 6.60. The van der Waals surface area contributed by atoms with Gasteiger partial charge in [0, 0.05) is 36.1 Å². The van der Waals surface area contributed by atoms with Crippen LogP contribution in [0.5, 0.6) is 0 Å². The van der Waals surface area contributed by atoms with Crippen molar-refractivity contribution < 1.29 is 0 Å². The van der Waals surface area contributed by atoms with Crippen molar-refractivity contribution in [3.05, 3.63) is 54.0 Å². The second-order valence-electron chi connectivity index (χ2n) is 5.59. The molecular weight excluding hydrogens is 272 g/mol. The molecule has 0 radical (unpaired) electrons. The summed E-state index contributed by atoms with van der Waals surface area (Å²) in [5.74, 6) is 0. The highest BCUT2D eigenvalue weighted by Gasteiger charge is 2.04. The average Bonchev–Trinajstić information content (AvgIpc) is 2.96. The van der Waals surface area contributed by atoms with Crippen LogP contribution in [0.1, 0.15) is 24.6 Å². The number of rotatable bonds is 6. The fourth-order valence-electron chi connectivity index (χ4n) is 2.61. The second-order valence-corrected chi connectivity index (χ2v) is 5.59. The molecule has 1 N–H and O–H groups in total. The van der Waals surface area contributed by atoms with Crippen molar-refractivity contribution in [3.8, 4) is 0 Å². The molecule has 2 aromatic heterocycles. The van der Waals surface area contributed by atoms with Gasteiger partial charge in [-0.05, 0) is 37.5 Å². The molecule has 0 bridgehead atoms. The zero-order valence-corrected chi connectivity index (χ0v) is 13.2. The van der Waals surface area contributed by atoms with Crippen molar-refractivity contribution >= 4 is 16.6 Å². The summed E-state index contributed by atoms with van der Waals surface area (Å²) in [6.07, 6.45) is 5.97. The molecule has 4 nitrogen and oxygen atoms in total. The van der Waals surface area contributed by atoms with Gasteiger partial charge in [-0.25, -0.2) is 0 Å². The van der Waals surface area contributed by atoms with Gasteiger partial charge in [0.25, 0.3) is 0 Å². The lowest BCUT2D eigenvalue weighted by molar-refractivity contribution is 0.591. The third kappa shape index (κ3) is 3.27. The smallest absolute Gasteiger partial charge is 0.0726 e. The van der Waals surface area contributed by atoms with Crippen molar-refractivity contribution in [2.45, 2.75) is 33.2 Å². The Morgan fingerprint density at radius 2 is 2.09 bits per heavy atom. The third-order valence-corrected chi connectivity index (χ3v) is 3.77. The van der Waals surface area contributed by atoms with E-state index in [1.165, 1.54) is 16.6 Å². The van der Waals surface area contributed by atoms with Gasteiger partial charge < -0.3 is 5.32 Å². The van der Waals surface area contributed by atoms with Gasteiger partial charge in [0.05, 0.1) is 11.7 Å². The van der Waals surface area contributed by atoms with Crippen LogP contribution in [0.4, 0.5) is 5.69 Å². The summed E-state index contributed by atoms with van der Waals surface area (Å²) in [6, 6.07) is 10.5. The summed E-state index contributed by atoms with van der Waals surface area (Å²) in [6.45, 7) is 6.07. The van der Waals surface area contributed by atoms with Crippen LogP contribution < -0.4 is 5.32 Å². The predicted octanol–water partition coefficient (Wildman–Crippen LogP) is 3.80. The van der Waals surface area contributed by atoms with Crippen LogP contribution in [0.15, 0.2) is 42.7 Å². The Balaban J connectivity index is 1.67. The summed E-state index contributed by atoms with van der Waals surface area (Å²) in [4.78, 5) is 4.68. The first-order valence-corrected chi connectivity index (χ1v) is 7.88. The molecule has 0 atom stereocenters. The van der Waals surface area contributed by atoms with E-state index in [4.69, 9.17) is 0 Å². The van der Waals surface area contributed by atoms with Crippen molar-refractivity contribution in [2.75, 3.05) is 11.9 Å². The zero-order chi connectivity index (χ0) is 15.4. The van der Waals surface area contributed by atoms with E-state index in [2.05, 4.69) is 59.7 Å². The molecule has 2 heterocycles. The van der Waals surface area contributed by atoms with E-state index in [0.717, 1.165) is 37.1 Å². The minimum atomic E-state index is 0.927. The molecule has 0 saturated heterocycles. The van der Waals surface area contributed by atoms with Gasteiger partial charge in [0.1, 0.15) is 0 Å². The van der Waals surface area contributed by atoms with Crippen LogP contribution in [0, 0.1) is 6.92 Å². The molecule has 114 valence electrons. The first-order chi connectivity index (χ1) is 10.8. The number of nitrogens with one attached hydrogen (secondary N) is 1. The summed E-state index contributed by atoms with van der Waals surface area (Å²) in [7, 11) is 0. The van der Waals surface area contributed by atoms with E-state index in [9.17, 15) is 0 Å². The summed E-state index contributed by atoms with van der Waals surface area (Å²) in [5.41, 5.74) is 4.58. The highest BCUT2D eigenvalue weighted by Crippen LogP contribution is 2.23. The number of aromatic nitrogens is 3. The van der Waals surface area contributed by atoms with Crippen LogP contribution in [-0.4, -0.2) is 21.3 Å². The standard InChI is InChI=1S/C18H22N4/c1-3-15-11-18(16-7-4-5-8-17(16)21-15)19-9-6-10-22-13-14(2)12-20-22/h4-5,7-8,11-13H,3,6,9-10H2,1-2H3,(H,19,21). The van der Waals surface area contributed by atoms with Crippen LogP contribution in [0.25, 0.3) is 10.9 Å². The number of benzene rings is 1. The first kappa shape index (κ1) is 14.6. The number of nitrogens with zero attached hydrogens (tertiary/aromatic N) is 3. The predicted molar refractivity (Wildman–Crippen MR) is 91.2 cm³/mol. The molecular formula is C18H22N4. The number of fused-ring (bicyclic) bond motifs is 1. The van der Waals surface area contributed by atoms with Gasteiger partial charge in [0.2, 0.25) is 0 Å². The third-order valence-electron chi connectivity index (χ3n) is 3.77. The molecule has 0 amide bonds. The van der Waals surface area contributed by atoms with Crippen molar-refractivity contribution in [1.82, 2.24) is 14.8 Å². The van der Waals surface area contributed by atoms with Crippen LogP contribution >= 0.6 is 0 Å². The maximum absolute atomic E-state index is 4.68. The summed E-state index contributed by atoms with van der Waals surface area (Å²) in [5, 5.41) is 9.06. The number of anilines is 1. The maximum atomic E-state index is 4.68. The van der Waals surface area contributed by atoms with Gasteiger partial charge in [-0.15, -0.1) is 0 Å². The fraction of sp³-hybridized carbons (Fsp3) is 0.333. The Morgan fingerprint density at radius 3 is 2.86 bits per heavy atom. The SMILES string of the molecule is CCc1cc(NCCCn2cc(C)cn2)c2ccccc2n1. The lowest BCUT2D eigenvalue weighted by atomic mass is 10.1. The van der Waals surface area contributed by atoms with E-state index >= 15 is 0 Å². The van der Waals surface area contributed by atoms with Crippen molar-refractivity contribution in [1.29, 1.82) is 0 Å². The molecule has 1 aromatic carbocycles. The normalized spacial score (nSPS) is 11.0. The van der Waals surface area contributed by atoms with Gasteiger partial charge in [0.15, 0.2) is 0 Å². The van der Waals surface area contributed by atoms with Crippen LogP contribution in [0.3, 0.4) is 0 Å². The molecule has 0 spiro atoms. The summed E-state index contributed by atoms with van der Waals surface area (Å²) < 4.78 is 2.00. The minimum absolute atomic E-state index is 0.927. The number of hydrogen-bond acceptors (Lipinski definition) is 3. The molecule has 0 fully saturated rings. The molecule has 0 saturated carbocycles. The molecule has 0 aliphatic rings. The lowest BCUT2D eigenvalue weighted by Gasteiger charge is -2.11.